The van der Waals surface area contributed by atoms with E-state index in [9.17, 15) is 0 Å². The fourth-order valence-electron chi connectivity index (χ4n) is 0.167. The summed E-state index contributed by atoms with van der Waals surface area (Å²) < 4.78 is 0. The Morgan fingerprint density at radius 1 is 1.80 bits per heavy atom. The highest BCUT2D eigenvalue weighted by Crippen LogP contribution is 1.79. The van der Waals surface area contributed by atoms with Gasteiger partial charge in [0.2, 0.25) is 0 Å². The molecule has 0 atom stereocenters. The van der Waals surface area contributed by atoms with Gasteiger partial charge in [0, 0.05) is 6.20 Å². The molecule has 26 valence electrons. The van der Waals surface area contributed by atoms with Crippen LogP contribution in [0, 0.1) is 5.41 Å². The number of amidine groups is 1. The third-order valence-corrected chi connectivity index (χ3v) is 0.489. The molecule has 0 aromatic heterocycles. The van der Waals surface area contributed by atoms with Crippen molar-refractivity contribution in [3.63, 3.8) is 0 Å². The minimum Gasteiger partial charge on any atom is -0.347 e. The molecule has 0 aromatic rings. The molecule has 1 rings (SSSR count). The van der Waals surface area contributed by atoms with Crippen LogP contribution in [-0.2, 0) is 0 Å². The Balaban J connectivity index is 2.71. The zero-order valence-corrected chi connectivity index (χ0v) is 2.65. The standard InChI is InChI=1S/C3H4N2/c4-3-1-2-5-3/h1-2H,(H2,4,5). The molecule has 5 heavy (non-hydrogen) atoms. The first-order valence-electron chi connectivity index (χ1n) is 1.41. The van der Waals surface area contributed by atoms with E-state index in [1.165, 1.54) is 0 Å². The third-order valence-electron chi connectivity index (χ3n) is 0.489. The fraction of sp³-hybridized carbons (Fsp3) is 0. The second-order valence-electron chi connectivity index (χ2n) is 0.891. The minimum atomic E-state index is 0.505. The maximum absolute atomic E-state index is 6.63. The van der Waals surface area contributed by atoms with Crippen LogP contribution in [0.5, 0.6) is 0 Å². The van der Waals surface area contributed by atoms with Gasteiger partial charge in [-0.2, -0.15) is 0 Å². The van der Waals surface area contributed by atoms with Crippen LogP contribution >= 0.6 is 0 Å². The molecule has 2 nitrogen and oxygen atoms in total. The van der Waals surface area contributed by atoms with Gasteiger partial charge in [0.25, 0.3) is 0 Å². The molecule has 0 saturated heterocycles. The summed E-state index contributed by atoms with van der Waals surface area (Å²) >= 11 is 0. The molecule has 0 radical (unpaired) electrons. The van der Waals surface area contributed by atoms with Crippen molar-refractivity contribution in [3.05, 3.63) is 12.3 Å². The Hall–Kier alpha value is -0.790. The Labute approximate surface area is 30.0 Å². The smallest absolute Gasteiger partial charge is 0.123 e. The van der Waals surface area contributed by atoms with Crippen molar-refractivity contribution in [1.29, 1.82) is 5.41 Å². The van der Waals surface area contributed by atoms with Gasteiger partial charge in [0.05, 0.1) is 0 Å². The van der Waals surface area contributed by atoms with Crippen molar-refractivity contribution in [3.8, 4) is 0 Å². The number of hydrogen-bond acceptors (Lipinski definition) is 1. The summed E-state index contributed by atoms with van der Waals surface area (Å²) in [5.74, 6) is 0.505. The number of hydrogen-bond donors (Lipinski definition) is 2. The van der Waals surface area contributed by atoms with E-state index in [4.69, 9.17) is 5.41 Å². The highest BCUT2D eigenvalue weighted by molar-refractivity contribution is 5.96. The van der Waals surface area contributed by atoms with Gasteiger partial charge in [-0.1, -0.05) is 0 Å². The van der Waals surface area contributed by atoms with E-state index in [1.54, 1.807) is 12.3 Å². The molecule has 0 amide bonds. The van der Waals surface area contributed by atoms with Gasteiger partial charge in [-0.25, -0.2) is 0 Å². The zero-order valence-electron chi connectivity index (χ0n) is 2.65. The average Bonchev–Trinajstić information content (AvgIpc) is 1.30. The minimum absolute atomic E-state index is 0.505. The maximum atomic E-state index is 6.63. The fourth-order valence-corrected chi connectivity index (χ4v) is 0.167. The summed E-state index contributed by atoms with van der Waals surface area (Å²) in [6, 6.07) is 0. The van der Waals surface area contributed by atoms with Crippen LogP contribution in [0.2, 0.25) is 0 Å². The van der Waals surface area contributed by atoms with E-state index in [2.05, 4.69) is 5.32 Å². The zero-order chi connectivity index (χ0) is 3.70. The molecule has 1 heterocycles. The van der Waals surface area contributed by atoms with Gasteiger partial charge < -0.3 is 5.32 Å². The number of rotatable bonds is 0. The SMILES string of the molecule is N=C1C=CN1. The van der Waals surface area contributed by atoms with Crippen LogP contribution in [-0.4, -0.2) is 5.84 Å². The summed E-state index contributed by atoms with van der Waals surface area (Å²) in [5.41, 5.74) is 0. The van der Waals surface area contributed by atoms with E-state index < -0.39 is 0 Å². The van der Waals surface area contributed by atoms with Crippen LogP contribution in [0.15, 0.2) is 12.3 Å². The van der Waals surface area contributed by atoms with Gasteiger partial charge in [0.15, 0.2) is 0 Å². The largest absolute Gasteiger partial charge is 0.347 e. The summed E-state index contributed by atoms with van der Waals surface area (Å²) in [6.07, 6.45) is 3.42. The maximum Gasteiger partial charge on any atom is 0.123 e. The first-order chi connectivity index (χ1) is 2.39. The van der Waals surface area contributed by atoms with Gasteiger partial charge in [-0.15, -0.1) is 0 Å². The van der Waals surface area contributed by atoms with E-state index in [0.717, 1.165) is 0 Å². The normalized spacial score (nSPS) is 17.2. The van der Waals surface area contributed by atoms with Crippen LogP contribution in [0.4, 0.5) is 0 Å². The molecule has 0 bridgehead atoms. The van der Waals surface area contributed by atoms with Gasteiger partial charge in [-0.05, 0) is 6.08 Å². The second-order valence-corrected chi connectivity index (χ2v) is 0.891. The van der Waals surface area contributed by atoms with Gasteiger partial charge in [-0.3, -0.25) is 5.41 Å². The van der Waals surface area contributed by atoms with Gasteiger partial charge >= 0.3 is 0 Å². The molecule has 0 saturated carbocycles. The van der Waals surface area contributed by atoms with E-state index >= 15 is 0 Å². The molecule has 0 aliphatic carbocycles. The highest BCUT2D eigenvalue weighted by Gasteiger charge is 1.90. The van der Waals surface area contributed by atoms with Crippen molar-refractivity contribution in [2.45, 2.75) is 0 Å². The lowest BCUT2D eigenvalue weighted by atomic mass is 10.4. The lowest BCUT2D eigenvalue weighted by Gasteiger charge is -2.02. The Bertz CT molecular complexity index is 82.9. The van der Waals surface area contributed by atoms with Crippen molar-refractivity contribution in [1.82, 2.24) is 5.32 Å². The Morgan fingerprint density at radius 2 is 2.20 bits per heavy atom. The summed E-state index contributed by atoms with van der Waals surface area (Å²) in [4.78, 5) is 0. The predicted octanol–water partition coefficient (Wildman–Crippen LogP) is 0.0806. The van der Waals surface area contributed by atoms with E-state index in [1.807, 2.05) is 0 Å². The summed E-state index contributed by atoms with van der Waals surface area (Å²) in [5, 5.41) is 9.24. The third kappa shape index (κ3) is 0.173. The molecule has 1 aliphatic heterocycles. The molecule has 0 spiro atoms. The molecule has 0 aromatic carbocycles. The molecule has 1 aliphatic rings. The average molecular weight is 68.1 g/mol. The summed E-state index contributed by atoms with van der Waals surface area (Å²) in [7, 11) is 0. The highest BCUT2D eigenvalue weighted by atomic mass is 14.9. The van der Waals surface area contributed by atoms with Crippen molar-refractivity contribution in [2.24, 2.45) is 0 Å². The quantitative estimate of drug-likeness (QED) is 0.414. The second kappa shape index (κ2) is 0.578. The van der Waals surface area contributed by atoms with Crippen molar-refractivity contribution in [2.75, 3.05) is 0 Å². The lowest BCUT2D eigenvalue weighted by Crippen LogP contribution is -2.21. The van der Waals surface area contributed by atoms with Gasteiger partial charge in [0.1, 0.15) is 5.84 Å². The monoisotopic (exact) mass is 68.0 g/mol. The van der Waals surface area contributed by atoms with Crippen molar-refractivity contribution < 1.29 is 0 Å². The van der Waals surface area contributed by atoms with Crippen LogP contribution < -0.4 is 5.32 Å². The first-order valence-corrected chi connectivity index (χ1v) is 1.41. The Morgan fingerprint density at radius 3 is 2.20 bits per heavy atom. The van der Waals surface area contributed by atoms with Crippen LogP contribution in [0.1, 0.15) is 0 Å². The van der Waals surface area contributed by atoms with E-state index in [0.29, 0.717) is 5.84 Å². The molecular weight excluding hydrogens is 64.0 g/mol. The number of nitrogens with one attached hydrogen (secondary N) is 2. The van der Waals surface area contributed by atoms with E-state index in [-0.39, 0.29) is 0 Å². The lowest BCUT2D eigenvalue weighted by molar-refractivity contribution is 1.18. The van der Waals surface area contributed by atoms with Crippen LogP contribution in [0.3, 0.4) is 0 Å². The molecular formula is C3H4N2. The molecule has 0 unspecified atom stereocenters. The first kappa shape index (κ1) is 2.45. The topological polar surface area (TPSA) is 35.9 Å². The molecule has 2 heteroatoms. The van der Waals surface area contributed by atoms with Crippen LogP contribution in [0.25, 0.3) is 0 Å². The molecule has 0 fully saturated rings. The Kier molecular flexibility index (Phi) is 0.283. The summed E-state index contributed by atoms with van der Waals surface area (Å²) in [6.45, 7) is 0. The van der Waals surface area contributed by atoms with Crippen molar-refractivity contribution >= 4 is 5.84 Å². The molecule has 2 N–H and O–H groups in total. The predicted molar refractivity (Wildman–Crippen MR) is 20.0 cm³/mol.